The van der Waals surface area contributed by atoms with E-state index in [2.05, 4.69) is 20.8 Å². The minimum absolute atomic E-state index is 0.0418. The van der Waals surface area contributed by atoms with Gasteiger partial charge in [0.2, 0.25) is 0 Å². The first kappa shape index (κ1) is 23.7. The van der Waals surface area contributed by atoms with Crippen molar-refractivity contribution >= 4 is 32.6 Å². The molecule has 1 amide bonds. The third kappa shape index (κ3) is 4.90. The second-order valence-corrected chi connectivity index (χ2v) is 12.6. The first-order valence-electron chi connectivity index (χ1n) is 11.5. The van der Waals surface area contributed by atoms with Gasteiger partial charge in [0.25, 0.3) is 5.91 Å². The minimum atomic E-state index is -3.11. The van der Waals surface area contributed by atoms with Gasteiger partial charge in [-0.25, -0.2) is 13.2 Å². The molecule has 0 radical (unpaired) electrons. The molecule has 1 aromatic heterocycles. The van der Waals surface area contributed by atoms with E-state index in [4.69, 9.17) is 9.72 Å². The van der Waals surface area contributed by atoms with Crippen LogP contribution in [0.25, 0.3) is 10.9 Å². The lowest BCUT2D eigenvalue weighted by atomic mass is 9.70. The fourth-order valence-electron chi connectivity index (χ4n) is 4.95. The zero-order valence-electron chi connectivity index (χ0n) is 19.8. The summed E-state index contributed by atoms with van der Waals surface area (Å²) in [5, 5.41) is 0.735. The second kappa shape index (κ2) is 8.70. The number of amides is 1. The number of nitrogens with zero attached hydrogens (tertiary/aromatic N) is 2. The highest BCUT2D eigenvalue weighted by atomic mass is 32.2. The number of fused-ring (bicyclic) bond motifs is 2. The van der Waals surface area contributed by atoms with Crippen molar-refractivity contribution in [3.8, 4) is 0 Å². The SMILES string of the molecule is CN(C(=O)COC(=O)c1c2c(nc3ccccc13)CCC(C(C)(C)C)C2)C1CCS(=O)(=O)C1. The number of aromatic nitrogens is 1. The molecular formula is C25H32N2O5S. The number of carbonyl (C=O) groups excluding carboxylic acids is 2. The normalized spacial score (nSPS) is 22.1. The number of para-hydroxylation sites is 1. The van der Waals surface area contributed by atoms with Gasteiger partial charge in [0.1, 0.15) is 0 Å². The minimum Gasteiger partial charge on any atom is -0.452 e. The molecule has 1 aromatic carbocycles. The van der Waals surface area contributed by atoms with Crippen LogP contribution < -0.4 is 0 Å². The number of carbonyl (C=O) groups is 2. The van der Waals surface area contributed by atoms with E-state index in [9.17, 15) is 18.0 Å². The molecule has 1 aliphatic heterocycles. The first-order chi connectivity index (χ1) is 15.5. The summed E-state index contributed by atoms with van der Waals surface area (Å²) in [5.41, 5.74) is 3.21. The van der Waals surface area contributed by atoms with Crippen molar-refractivity contribution in [2.45, 2.75) is 52.5 Å². The Morgan fingerprint density at radius 3 is 2.58 bits per heavy atom. The molecule has 2 aromatic rings. The molecule has 0 saturated carbocycles. The summed E-state index contributed by atoms with van der Waals surface area (Å²) in [4.78, 5) is 32.2. The van der Waals surface area contributed by atoms with Crippen molar-refractivity contribution in [1.29, 1.82) is 0 Å². The number of hydrogen-bond donors (Lipinski definition) is 0. The quantitative estimate of drug-likeness (QED) is 0.635. The highest BCUT2D eigenvalue weighted by Gasteiger charge is 2.35. The zero-order valence-corrected chi connectivity index (χ0v) is 20.6. The van der Waals surface area contributed by atoms with Gasteiger partial charge < -0.3 is 9.64 Å². The van der Waals surface area contributed by atoms with Crippen LogP contribution in [0.1, 0.15) is 55.2 Å². The smallest absolute Gasteiger partial charge is 0.339 e. The van der Waals surface area contributed by atoms with E-state index in [0.29, 0.717) is 17.9 Å². The van der Waals surface area contributed by atoms with Crippen LogP contribution in [0, 0.1) is 11.3 Å². The van der Waals surface area contributed by atoms with Crippen molar-refractivity contribution < 1.29 is 22.7 Å². The lowest BCUT2D eigenvalue weighted by molar-refractivity contribution is -0.134. The van der Waals surface area contributed by atoms with Gasteiger partial charge in [-0.1, -0.05) is 39.0 Å². The molecule has 1 fully saturated rings. The van der Waals surface area contributed by atoms with Crippen LogP contribution in [0.2, 0.25) is 0 Å². The number of ether oxygens (including phenoxy) is 1. The molecule has 4 rings (SSSR count). The van der Waals surface area contributed by atoms with E-state index in [1.165, 1.54) is 4.90 Å². The number of pyridine rings is 1. The molecule has 2 atom stereocenters. The molecule has 0 bridgehead atoms. The van der Waals surface area contributed by atoms with Crippen LogP contribution in [0.5, 0.6) is 0 Å². The highest BCUT2D eigenvalue weighted by Crippen LogP contribution is 2.39. The topological polar surface area (TPSA) is 93.6 Å². The van der Waals surface area contributed by atoms with E-state index in [1.807, 2.05) is 24.3 Å². The molecule has 2 aliphatic rings. The van der Waals surface area contributed by atoms with Gasteiger partial charge in [0.05, 0.1) is 22.6 Å². The van der Waals surface area contributed by atoms with Crippen LogP contribution in [-0.2, 0) is 32.2 Å². The molecule has 33 heavy (non-hydrogen) atoms. The van der Waals surface area contributed by atoms with Gasteiger partial charge in [0.15, 0.2) is 16.4 Å². The van der Waals surface area contributed by atoms with Crippen LogP contribution in [-0.4, -0.2) is 61.4 Å². The zero-order chi connectivity index (χ0) is 24.0. The summed E-state index contributed by atoms with van der Waals surface area (Å²) in [5.74, 6) is -0.471. The maximum Gasteiger partial charge on any atom is 0.339 e. The molecular weight excluding hydrogens is 440 g/mol. The number of benzene rings is 1. The summed E-state index contributed by atoms with van der Waals surface area (Å²) in [6, 6.07) is 7.16. The standard InChI is InChI=1S/C25H32N2O5S/c1-25(2,3)16-9-10-21-19(13-16)23(18-7-5-6-8-20(18)26-21)24(29)32-14-22(28)27(4)17-11-12-33(30,31)15-17/h5-8,16-17H,9-15H2,1-4H3. The van der Waals surface area contributed by atoms with Gasteiger partial charge in [-0.05, 0) is 48.6 Å². The van der Waals surface area contributed by atoms with Crippen LogP contribution >= 0.6 is 0 Å². The number of hydrogen-bond acceptors (Lipinski definition) is 6. The third-order valence-electron chi connectivity index (χ3n) is 7.16. The molecule has 178 valence electrons. The first-order valence-corrected chi connectivity index (χ1v) is 13.3. The second-order valence-electron chi connectivity index (χ2n) is 10.4. The van der Waals surface area contributed by atoms with Crippen molar-refractivity contribution in [2.75, 3.05) is 25.2 Å². The molecule has 7 nitrogen and oxygen atoms in total. The van der Waals surface area contributed by atoms with E-state index < -0.39 is 28.3 Å². The number of likely N-dealkylation sites (N-methyl/N-ethyl adjacent to an activating group) is 1. The number of esters is 1. The van der Waals surface area contributed by atoms with E-state index in [1.54, 1.807) is 7.05 Å². The van der Waals surface area contributed by atoms with Gasteiger partial charge >= 0.3 is 5.97 Å². The maximum atomic E-state index is 13.3. The molecule has 0 spiro atoms. The predicted molar refractivity (Wildman–Crippen MR) is 127 cm³/mol. The van der Waals surface area contributed by atoms with Gasteiger partial charge in [-0.2, -0.15) is 0 Å². The summed E-state index contributed by atoms with van der Waals surface area (Å²) < 4.78 is 29.0. The van der Waals surface area contributed by atoms with Crippen molar-refractivity contribution in [1.82, 2.24) is 9.88 Å². The Labute approximate surface area is 195 Å². The molecule has 1 aliphatic carbocycles. The highest BCUT2D eigenvalue weighted by molar-refractivity contribution is 7.91. The Balaban J connectivity index is 1.58. The molecule has 1 saturated heterocycles. The summed E-state index contributed by atoms with van der Waals surface area (Å²) >= 11 is 0. The van der Waals surface area contributed by atoms with E-state index in [0.717, 1.165) is 41.4 Å². The fourth-order valence-corrected chi connectivity index (χ4v) is 6.72. The lowest BCUT2D eigenvalue weighted by Gasteiger charge is -2.35. The van der Waals surface area contributed by atoms with Crippen molar-refractivity contribution in [3.63, 3.8) is 0 Å². The maximum absolute atomic E-state index is 13.3. The summed E-state index contributed by atoms with van der Waals surface area (Å²) in [6.45, 7) is 6.23. The van der Waals surface area contributed by atoms with E-state index in [-0.39, 0.29) is 23.0 Å². The van der Waals surface area contributed by atoms with Gasteiger partial charge in [-0.3, -0.25) is 9.78 Å². The summed E-state index contributed by atoms with van der Waals surface area (Å²) in [7, 11) is -1.54. The largest absolute Gasteiger partial charge is 0.452 e. The number of aryl methyl sites for hydroxylation is 1. The van der Waals surface area contributed by atoms with Crippen molar-refractivity contribution in [3.05, 3.63) is 41.1 Å². The Morgan fingerprint density at radius 1 is 1.18 bits per heavy atom. The predicted octanol–water partition coefficient (Wildman–Crippen LogP) is 3.19. The van der Waals surface area contributed by atoms with Crippen LogP contribution in [0.15, 0.2) is 24.3 Å². The van der Waals surface area contributed by atoms with Gasteiger partial charge in [0, 0.05) is 24.2 Å². The van der Waals surface area contributed by atoms with Gasteiger partial charge in [-0.15, -0.1) is 0 Å². The molecule has 2 unspecified atom stereocenters. The molecule has 0 N–H and O–H groups in total. The molecule has 8 heteroatoms. The number of sulfone groups is 1. The average Bonchev–Trinajstić information content (AvgIpc) is 3.13. The third-order valence-corrected chi connectivity index (χ3v) is 8.91. The Bertz CT molecular complexity index is 1200. The number of rotatable bonds is 4. The molecule has 2 heterocycles. The lowest BCUT2D eigenvalue weighted by Crippen LogP contribution is -2.40. The average molecular weight is 473 g/mol. The Kier molecular flexibility index (Phi) is 6.24. The van der Waals surface area contributed by atoms with Crippen LogP contribution in [0.3, 0.4) is 0 Å². The van der Waals surface area contributed by atoms with E-state index >= 15 is 0 Å². The Hall–Kier alpha value is -2.48. The fraction of sp³-hybridized carbons (Fsp3) is 0.560. The summed E-state index contributed by atoms with van der Waals surface area (Å²) in [6.07, 6.45) is 2.98. The van der Waals surface area contributed by atoms with Crippen LogP contribution in [0.4, 0.5) is 0 Å². The van der Waals surface area contributed by atoms with Crippen molar-refractivity contribution in [2.24, 2.45) is 11.3 Å². The Morgan fingerprint density at radius 2 is 1.91 bits per heavy atom. The monoisotopic (exact) mass is 472 g/mol.